The number of carboxylic acid groups (broad SMARTS) is 1. The normalized spacial score (nSPS) is 11.0. The largest absolute Gasteiger partial charge is 0.507 e. The zero-order valence-corrected chi connectivity index (χ0v) is 12.8. The van der Waals surface area contributed by atoms with E-state index in [9.17, 15) is 23.1 Å². The van der Waals surface area contributed by atoms with Crippen molar-refractivity contribution >= 4 is 27.4 Å². The summed E-state index contributed by atoms with van der Waals surface area (Å²) >= 11 is 0. The number of rotatable bonds is 4. The molecule has 0 fully saturated rings. The summed E-state index contributed by atoms with van der Waals surface area (Å²) in [5.41, 5.74) is -0.0829. The molecular formula is C15H13NO6S. The Kier molecular flexibility index (Phi) is 4.37. The van der Waals surface area contributed by atoms with Crippen LogP contribution >= 0.6 is 0 Å². The maximum Gasteiger partial charge on any atom is 0.339 e. The van der Waals surface area contributed by atoms with Crippen LogP contribution in [0.25, 0.3) is 0 Å². The van der Waals surface area contributed by atoms with Gasteiger partial charge in [-0.25, -0.2) is 13.2 Å². The molecule has 0 aliphatic heterocycles. The molecule has 0 saturated carbocycles. The fourth-order valence-corrected chi connectivity index (χ4v) is 2.52. The maximum absolute atomic E-state index is 12.1. The number of anilines is 1. The summed E-state index contributed by atoms with van der Waals surface area (Å²) in [6.45, 7) is 0. The van der Waals surface area contributed by atoms with E-state index in [0.717, 1.165) is 18.4 Å². The van der Waals surface area contributed by atoms with Crippen LogP contribution in [0.15, 0.2) is 47.4 Å². The number of carbonyl (C=O) groups is 2. The van der Waals surface area contributed by atoms with E-state index in [-0.39, 0.29) is 21.7 Å². The monoisotopic (exact) mass is 335 g/mol. The van der Waals surface area contributed by atoms with Crippen LogP contribution in [0.5, 0.6) is 5.75 Å². The zero-order chi connectivity index (χ0) is 17.2. The molecule has 0 radical (unpaired) electrons. The standard InChI is InChI=1S/C15H13NO6S/c1-23(21,22)11-4-2-3-9(7-11)14(18)16-10-5-6-13(17)12(8-10)15(19)20/h2-8,17H,1H3,(H,16,18)(H,19,20). The molecule has 2 aromatic carbocycles. The molecule has 0 bridgehead atoms. The number of benzene rings is 2. The van der Waals surface area contributed by atoms with Crippen molar-refractivity contribution in [3.05, 3.63) is 53.6 Å². The van der Waals surface area contributed by atoms with E-state index in [2.05, 4.69) is 5.32 Å². The molecule has 7 nitrogen and oxygen atoms in total. The Morgan fingerprint density at radius 1 is 1.09 bits per heavy atom. The number of nitrogens with one attached hydrogen (secondary N) is 1. The van der Waals surface area contributed by atoms with Crippen LogP contribution in [0, 0.1) is 0 Å². The van der Waals surface area contributed by atoms with Crippen molar-refractivity contribution in [2.45, 2.75) is 4.90 Å². The molecule has 3 N–H and O–H groups in total. The Balaban J connectivity index is 2.30. The summed E-state index contributed by atoms with van der Waals surface area (Å²) in [4.78, 5) is 23.1. The Hall–Kier alpha value is -2.87. The van der Waals surface area contributed by atoms with Gasteiger partial charge in [0, 0.05) is 17.5 Å². The predicted molar refractivity (Wildman–Crippen MR) is 82.6 cm³/mol. The van der Waals surface area contributed by atoms with Gasteiger partial charge in [-0.15, -0.1) is 0 Å². The Labute approximate surface area is 132 Å². The Morgan fingerprint density at radius 3 is 2.39 bits per heavy atom. The van der Waals surface area contributed by atoms with Crippen LogP contribution in [0.2, 0.25) is 0 Å². The number of hydrogen-bond acceptors (Lipinski definition) is 5. The second-order valence-electron chi connectivity index (χ2n) is 4.79. The van der Waals surface area contributed by atoms with Crippen molar-refractivity contribution in [1.82, 2.24) is 0 Å². The van der Waals surface area contributed by atoms with Gasteiger partial charge in [-0.05, 0) is 36.4 Å². The third kappa shape index (κ3) is 3.86. The molecule has 0 aliphatic carbocycles. The summed E-state index contributed by atoms with van der Waals surface area (Å²) < 4.78 is 23.0. The zero-order valence-electron chi connectivity index (χ0n) is 12.0. The van der Waals surface area contributed by atoms with Gasteiger partial charge in [0.15, 0.2) is 9.84 Å². The molecule has 2 rings (SSSR count). The lowest BCUT2D eigenvalue weighted by Crippen LogP contribution is -2.13. The molecule has 0 heterocycles. The molecular weight excluding hydrogens is 322 g/mol. The van der Waals surface area contributed by atoms with Crippen molar-refractivity contribution in [2.24, 2.45) is 0 Å². The van der Waals surface area contributed by atoms with Crippen LogP contribution in [0.3, 0.4) is 0 Å². The highest BCUT2D eigenvalue weighted by Crippen LogP contribution is 2.22. The molecule has 0 saturated heterocycles. The molecule has 1 amide bonds. The van der Waals surface area contributed by atoms with E-state index in [1.54, 1.807) is 0 Å². The summed E-state index contributed by atoms with van der Waals surface area (Å²) in [6, 6.07) is 9.05. The van der Waals surface area contributed by atoms with Gasteiger partial charge in [-0.2, -0.15) is 0 Å². The van der Waals surface area contributed by atoms with Gasteiger partial charge < -0.3 is 15.5 Å². The number of hydrogen-bond donors (Lipinski definition) is 3. The van der Waals surface area contributed by atoms with Gasteiger partial charge in [0.05, 0.1) is 4.90 Å². The van der Waals surface area contributed by atoms with E-state index >= 15 is 0 Å². The molecule has 0 aliphatic rings. The van der Waals surface area contributed by atoms with Crippen LogP contribution in [0.4, 0.5) is 5.69 Å². The van der Waals surface area contributed by atoms with E-state index < -0.39 is 27.5 Å². The molecule has 120 valence electrons. The van der Waals surface area contributed by atoms with Crippen molar-refractivity contribution in [3.63, 3.8) is 0 Å². The van der Waals surface area contributed by atoms with Crippen LogP contribution < -0.4 is 5.32 Å². The average Bonchev–Trinajstić information content (AvgIpc) is 2.48. The topological polar surface area (TPSA) is 121 Å². The van der Waals surface area contributed by atoms with Crippen molar-refractivity contribution in [2.75, 3.05) is 11.6 Å². The molecule has 23 heavy (non-hydrogen) atoms. The summed E-state index contributed by atoms with van der Waals surface area (Å²) in [6.07, 6.45) is 1.03. The number of carboxylic acids is 1. The van der Waals surface area contributed by atoms with Crippen LogP contribution in [0.1, 0.15) is 20.7 Å². The fourth-order valence-electron chi connectivity index (χ4n) is 1.86. The Morgan fingerprint density at radius 2 is 1.78 bits per heavy atom. The molecule has 0 aromatic heterocycles. The predicted octanol–water partition coefficient (Wildman–Crippen LogP) is 1.75. The second-order valence-corrected chi connectivity index (χ2v) is 6.81. The first-order valence-corrected chi connectivity index (χ1v) is 8.25. The Bertz CT molecular complexity index is 889. The molecule has 2 aromatic rings. The first-order chi connectivity index (χ1) is 10.7. The van der Waals surface area contributed by atoms with Gasteiger partial charge in [0.1, 0.15) is 11.3 Å². The molecule has 0 atom stereocenters. The van der Waals surface area contributed by atoms with Crippen molar-refractivity contribution < 1.29 is 28.2 Å². The average molecular weight is 335 g/mol. The van der Waals surface area contributed by atoms with Gasteiger partial charge >= 0.3 is 5.97 Å². The first kappa shape index (κ1) is 16.5. The van der Waals surface area contributed by atoms with Crippen molar-refractivity contribution in [3.8, 4) is 5.75 Å². The highest BCUT2D eigenvalue weighted by molar-refractivity contribution is 7.90. The van der Waals surface area contributed by atoms with Gasteiger partial charge in [-0.1, -0.05) is 6.07 Å². The third-order valence-corrected chi connectivity index (χ3v) is 4.12. The van der Waals surface area contributed by atoms with Gasteiger partial charge in [-0.3, -0.25) is 4.79 Å². The van der Waals surface area contributed by atoms with E-state index in [1.165, 1.54) is 30.3 Å². The summed E-state index contributed by atoms with van der Waals surface area (Å²) in [5, 5.41) is 20.8. The minimum atomic E-state index is -3.45. The minimum absolute atomic E-state index is 0.00193. The lowest BCUT2D eigenvalue weighted by atomic mass is 10.1. The van der Waals surface area contributed by atoms with Gasteiger partial charge in [0.25, 0.3) is 5.91 Å². The number of aromatic carboxylic acids is 1. The lowest BCUT2D eigenvalue weighted by Gasteiger charge is -2.08. The van der Waals surface area contributed by atoms with Crippen LogP contribution in [-0.2, 0) is 9.84 Å². The minimum Gasteiger partial charge on any atom is -0.507 e. The van der Waals surface area contributed by atoms with E-state index in [4.69, 9.17) is 5.11 Å². The lowest BCUT2D eigenvalue weighted by molar-refractivity contribution is 0.0693. The molecule has 8 heteroatoms. The van der Waals surface area contributed by atoms with E-state index in [0.29, 0.717) is 0 Å². The van der Waals surface area contributed by atoms with E-state index in [1.807, 2.05) is 0 Å². The third-order valence-electron chi connectivity index (χ3n) is 3.01. The van der Waals surface area contributed by atoms with Crippen LogP contribution in [-0.4, -0.2) is 36.8 Å². The highest BCUT2D eigenvalue weighted by atomic mass is 32.2. The smallest absolute Gasteiger partial charge is 0.339 e. The maximum atomic E-state index is 12.1. The number of carbonyl (C=O) groups excluding carboxylic acids is 1. The fraction of sp³-hybridized carbons (Fsp3) is 0.0667. The number of amides is 1. The molecule has 0 unspecified atom stereocenters. The second kappa shape index (κ2) is 6.09. The van der Waals surface area contributed by atoms with Crippen molar-refractivity contribution in [1.29, 1.82) is 0 Å². The first-order valence-electron chi connectivity index (χ1n) is 6.36. The summed E-state index contributed by atoms with van der Waals surface area (Å²) in [7, 11) is -3.45. The number of phenols is 1. The number of sulfone groups is 1. The quantitative estimate of drug-likeness (QED) is 0.732. The summed E-state index contributed by atoms with van der Waals surface area (Å²) in [5.74, 6) is -2.36. The SMILES string of the molecule is CS(=O)(=O)c1cccc(C(=O)Nc2ccc(O)c(C(=O)O)c2)c1. The highest BCUT2D eigenvalue weighted by Gasteiger charge is 2.14. The van der Waals surface area contributed by atoms with Gasteiger partial charge in [0.2, 0.25) is 0 Å². The number of aromatic hydroxyl groups is 1. The molecule has 0 spiro atoms.